The van der Waals surface area contributed by atoms with Crippen LogP contribution in [0, 0.1) is 23.7 Å². The highest BCUT2D eigenvalue weighted by Crippen LogP contribution is 2.37. The van der Waals surface area contributed by atoms with Crippen molar-refractivity contribution in [1.29, 1.82) is 0 Å². The fraction of sp³-hybridized carbons (Fsp3) is 0.800. The molecular weight excluding hydrogens is 484 g/mol. The number of rotatable bonds is 18. The zero-order valence-electron chi connectivity index (χ0n) is 22.9. The zero-order chi connectivity index (χ0) is 27.6. The third-order valence-corrected chi connectivity index (χ3v) is 8.87. The summed E-state index contributed by atoms with van der Waals surface area (Å²) in [4.78, 5) is 52.7. The predicted molar refractivity (Wildman–Crippen MR) is 145 cm³/mol. The Labute approximate surface area is 227 Å². The Balaban J connectivity index is 2.02. The highest BCUT2D eigenvalue weighted by Gasteiger charge is 2.26. The van der Waals surface area contributed by atoms with Gasteiger partial charge in [-0.3, -0.25) is 0 Å². The number of hydrogen-bond donors (Lipinski definition) is 2. The van der Waals surface area contributed by atoms with E-state index in [9.17, 15) is 29.4 Å². The molecule has 8 nitrogen and oxygen atoms in total. The van der Waals surface area contributed by atoms with Gasteiger partial charge in [-0.1, -0.05) is 64.2 Å². The van der Waals surface area contributed by atoms with Gasteiger partial charge in [0.25, 0.3) is 0 Å². The molecule has 2 unspecified atom stereocenters. The molecule has 2 atom stereocenters. The largest absolute Gasteiger partial charge is 0.478 e. The zero-order valence-corrected chi connectivity index (χ0v) is 22.9. The van der Waals surface area contributed by atoms with Crippen LogP contribution in [0.25, 0.3) is 0 Å². The molecule has 0 amide bonds. The van der Waals surface area contributed by atoms with Crippen LogP contribution in [-0.4, -0.2) is 47.4 Å². The summed E-state index contributed by atoms with van der Waals surface area (Å²) in [5.41, 5.74) is 0.0381. The summed E-state index contributed by atoms with van der Waals surface area (Å²) in [6.07, 6.45) is 20.0. The minimum Gasteiger partial charge on any atom is -0.478 e. The third-order valence-electron chi connectivity index (χ3n) is 8.87. The van der Waals surface area contributed by atoms with Crippen LogP contribution in [0.3, 0.4) is 0 Å². The number of nitrogens with zero attached hydrogens (tertiary/aromatic N) is 2. The van der Waals surface area contributed by atoms with Gasteiger partial charge in [0.2, 0.25) is 12.2 Å². The van der Waals surface area contributed by atoms with Crippen molar-refractivity contribution in [2.75, 3.05) is 13.1 Å². The molecule has 2 rings (SSSR count). The fourth-order valence-corrected chi connectivity index (χ4v) is 6.85. The molecule has 2 N–H and O–H groups in total. The van der Waals surface area contributed by atoms with E-state index in [1.165, 1.54) is 38.5 Å². The van der Waals surface area contributed by atoms with Crippen molar-refractivity contribution in [3.8, 4) is 0 Å². The lowest BCUT2D eigenvalue weighted by atomic mass is 9.76. The Morgan fingerprint density at radius 1 is 0.632 bits per heavy atom. The summed E-state index contributed by atoms with van der Waals surface area (Å²) in [6, 6.07) is 0. The van der Waals surface area contributed by atoms with Crippen molar-refractivity contribution in [2.45, 2.75) is 116 Å². The highest BCUT2D eigenvalue weighted by molar-refractivity contribution is 5.98. The molecule has 0 bridgehead atoms. The van der Waals surface area contributed by atoms with Gasteiger partial charge in [-0.05, 0) is 75.0 Å². The quantitative estimate of drug-likeness (QED) is 0.116. The Morgan fingerprint density at radius 2 is 1.00 bits per heavy atom. The number of aliphatic imine (C=N–C) groups is 2. The molecule has 0 aromatic rings. The smallest absolute Gasteiger partial charge is 0.332 e. The van der Waals surface area contributed by atoms with Crippen molar-refractivity contribution >= 4 is 24.1 Å². The first kappa shape index (κ1) is 31.7. The van der Waals surface area contributed by atoms with E-state index in [-0.39, 0.29) is 24.0 Å². The number of carboxylic acid groups (broad SMARTS) is 2. The van der Waals surface area contributed by atoms with E-state index in [4.69, 9.17) is 0 Å². The van der Waals surface area contributed by atoms with Crippen LogP contribution < -0.4 is 0 Å². The first-order valence-corrected chi connectivity index (χ1v) is 14.7. The van der Waals surface area contributed by atoms with Gasteiger partial charge in [-0.25, -0.2) is 29.2 Å². The standard InChI is InChI=1S/C30H46N2O6/c33-21-31-19-17-25(23-9-3-1-4-10-23)13-7-15-27(29(35)36)28(30(37)38)16-8-14-26(18-20-32-22-34)24-11-5-2-6-12-24/h23-26H,1-20H2,(H,35,36)(H,37,38). The van der Waals surface area contributed by atoms with Gasteiger partial charge in [-0.2, -0.15) is 0 Å². The summed E-state index contributed by atoms with van der Waals surface area (Å²) < 4.78 is 0. The molecule has 212 valence electrons. The van der Waals surface area contributed by atoms with Crippen molar-refractivity contribution in [3.63, 3.8) is 0 Å². The van der Waals surface area contributed by atoms with Gasteiger partial charge in [0.1, 0.15) is 0 Å². The SMILES string of the molecule is O=C=NCCC(CCCC(C(=O)O)=C(CCCC(CCN=C=O)C1CCCCC1)C(=O)O)C1CCCCC1. The average Bonchev–Trinajstić information content (AvgIpc) is 2.92. The van der Waals surface area contributed by atoms with E-state index in [2.05, 4.69) is 9.98 Å². The molecule has 0 saturated heterocycles. The lowest BCUT2D eigenvalue weighted by Gasteiger charge is -2.30. The fourth-order valence-electron chi connectivity index (χ4n) is 6.85. The van der Waals surface area contributed by atoms with Crippen LogP contribution >= 0.6 is 0 Å². The molecule has 2 aliphatic carbocycles. The lowest BCUT2D eigenvalue weighted by molar-refractivity contribution is -0.136. The maximum absolute atomic E-state index is 12.1. The molecule has 0 aliphatic heterocycles. The summed E-state index contributed by atoms with van der Waals surface area (Å²) in [5.74, 6) is -0.455. The third kappa shape index (κ3) is 11.4. The number of carbonyl (C=O) groups excluding carboxylic acids is 2. The van der Waals surface area contributed by atoms with Crippen LogP contribution in [0.5, 0.6) is 0 Å². The van der Waals surface area contributed by atoms with Gasteiger partial charge in [0.05, 0.1) is 13.1 Å². The van der Waals surface area contributed by atoms with Crippen LogP contribution in [0.2, 0.25) is 0 Å². The van der Waals surface area contributed by atoms with Gasteiger partial charge >= 0.3 is 11.9 Å². The minimum atomic E-state index is -1.15. The second kappa shape index (κ2) is 18.7. The predicted octanol–water partition coefficient (Wildman–Crippen LogP) is 6.64. The molecule has 2 saturated carbocycles. The van der Waals surface area contributed by atoms with E-state index in [1.54, 1.807) is 12.2 Å². The van der Waals surface area contributed by atoms with Crippen molar-refractivity contribution < 1.29 is 29.4 Å². The first-order chi connectivity index (χ1) is 18.5. The van der Waals surface area contributed by atoms with Crippen molar-refractivity contribution in [1.82, 2.24) is 0 Å². The topological polar surface area (TPSA) is 133 Å². The van der Waals surface area contributed by atoms with E-state index in [0.29, 0.717) is 49.6 Å². The maximum Gasteiger partial charge on any atom is 0.332 e. The number of isocyanates is 2. The van der Waals surface area contributed by atoms with Crippen LogP contribution in [0.4, 0.5) is 0 Å². The number of aliphatic carboxylic acids is 2. The van der Waals surface area contributed by atoms with Crippen molar-refractivity contribution in [3.05, 3.63) is 11.1 Å². The van der Waals surface area contributed by atoms with E-state index in [0.717, 1.165) is 51.4 Å². The molecule has 2 aliphatic rings. The summed E-state index contributed by atoms with van der Waals surface area (Å²) in [5, 5.41) is 19.8. The van der Waals surface area contributed by atoms with E-state index < -0.39 is 11.9 Å². The van der Waals surface area contributed by atoms with Crippen molar-refractivity contribution in [2.24, 2.45) is 33.7 Å². The Kier molecular flexibility index (Phi) is 15.5. The van der Waals surface area contributed by atoms with E-state index >= 15 is 0 Å². The molecule has 38 heavy (non-hydrogen) atoms. The van der Waals surface area contributed by atoms with Gasteiger partial charge < -0.3 is 10.2 Å². The Hall–Kier alpha value is -2.56. The molecule has 2 fully saturated rings. The molecule has 0 aromatic heterocycles. The first-order valence-electron chi connectivity index (χ1n) is 14.7. The number of hydrogen-bond acceptors (Lipinski definition) is 6. The van der Waals surface area contributed by atoms with Gasteiger partial charge in [0.15, 0.2) is 0 Å². The summed E-state index contributed by atoms with van der Waals surface area (Å²) in [7, 11) is 0. The highest BCUT2D eigenvalue weighted by atomic mass is 16.4. The van der Waals surface area contributed by atoms with Crippen LogP contribution in [0.1, 0.15) is 116 Å². The summed E-state index contributed by atoms with van der Waals surface area (Å²) in [6.45, 7) is 0.875. The van der Waals surface area contributed by atoms with E-state index in [1.807, 2.05) is 0 Å². The Morgan fingerprint density at radius 3 is 1.32 bits per heavy atom. The van der Waals surface area contributed by atoms with Gasteiger partial charge in [-0.15, -0.1) is 0 Å². The van der Waals surface area contributed by atoms with Crippen LogP contribution in [-0.2, 0) is 19.2 Å². The minimum absolute atomic E-state index is 0.0191. The monoisotopic (exact) mass is 530 g/mol. The second-order valence-electron chi connectivity index (χ2n) is 11.2. The average molecular weight is 531 g/mol. The normalized spacial score (nSPS) is 18.9. The number of carbonyl (C=O) groups is 2. The molecule has 0 heterocycles. The maximum atomic E-state index is 12.1. The molecule has 0 aromatic carbocycles. The number of carboxylic acids is 2. The summed E-state index contributed by atoms with van der Waals surface area (Å²) >= 11 is 0. The second-order valence-corrected chi connectivity index (χ2v) is 11.2. The molecule has 0 radical (unpaired) electrons. The Bertz CT molecular complexity index is 790. The lowest BCUT2D eigenvalue weighted by Crippen LogP contribution is -2.20. The molecule has 0 spiro atoms. The molecular formula is C30H46N2O6. The van der Waals surface area contributed by atoms with Gasteiger partial charge in [0, 0.05) is 11.1 Å². The van der Waals surface area contributed by atoms with Crippen LogP contribution in [0.15, 0.2) is 21.1 Å². The molecule has 8 heteroatoms.